The minimum Gasteiger partial charge on any atom is -0.495 e. The lowest BCUT2D eigenvalue weighted by Gasteiger charge is -2.10. The molecule has 1 atom stereocenters. The van der Waals surface area contributed by atoms with Gasteiger partial charge in [-0.05, 0) is 37.0 Å². The summed E-state index contributed by atoms with van der Waals surface area (Å²) in [5.74, 6) is 1.49. The van der Waals surface area contributed by atoms with Crippen LogP contribution in [-0.4, -0.2) is 12.9 Å². The molecule has 16 heavy (non-hydrogen) atoms. The number of hydrogen-bond acceptors (Lipinski definition) is 2. The fourth-order valence-electron chi connectivity index (χ4n) is 1.89. The molecule has 1 saturated carbocycles. The van der Waals surface area contributed by atoms with Crippen LogP contribution >= 0.6 is 11.6 Å². The smallest absolute Gasteiger partial charge is 0.165 e. The van der Waals surface area contributed by atoms with E-state index in [0.717, 1.165) is 0 Å². The summed E-state index contributed by atoms with van der Waals surface area (Å²) in [5, 5.41) is 0.497. The van der Waals surface area contributed by atoms with Crippen LogP contribution in [0.3, 0.4) is 0 Å². The molecule has 0 radical (unpaired) electrons. The number of hydrogen-bond donors (Lipinski definition) is 0. The average Bonchev–Trinajstić information content (AvgIpc) is 3.11. The van der Waals surface area contributed by atoms with Gasteiger partial charge in [0.1, 0.15) is 5.75 Å². The van der Waals surface area contributed by atoms with Crippen molar-refractivity contribution in [1.29, 1.82) is 0 Å². The van der Waals surface area contributed by atoms with E-state index in [1.807, 2.05) is 6.92 Å². The first-order valence-corrected chi connectivity index (χ1v) is 5.89. The van der Waals surface area contributed by atoms with Crippen LogP contribution in [0.2, 0.25) is 5.02 Å². The minimum absolute atomic E-state index is 0.115. The molecule has 0 spiro atoms. The lowest BCUT2D eigenvalue weighted by Crippen LogP contribution is -2.13. The zero-order valence-corrected chi connectivity index (χ0v) is 10.3. The highest BCUT2D eigenvalue weighted by atomic mass is 35.5. The standard InChI is InChI=1S/C13H15ClO2/c1-8(9-3-4-9)13(15)10-5-6-12(16-2)11(14)7-10/h5-9H,3-4H2,1-2H3. The third kappa shape index (κ3) is 2.22. The lowest BCUT2D eigenvalue weighted by molar-refractivity contribution is 0.0916. The van der Waals surface area contributed by atoms with Crippen LogP contribution in [0.5, 0.6) is 5.75 Å². The van der Waals surface area contributed by atoms with E-state index < -0.39 is 0 Å². The van der Waals surface area contributed by atoms with Crippen LogP contribution in [0.25, 0.3) is 0 Å². The van der Waals surface area contributed by atoms with Gasteiger partial charge in [-0.1, -0.05) is 18.5 Å². The second-order valence-corrected chi connectivity index (χ2v) is 4.75. The Labute approximate surface area is 101 Å². The second-order valence-electron chi connectivity index (χ2n) is 4.34. The number of carbonyl (C=O) groups excluding carboxylic acids is 1. The Morgan fingerprint density at radius 1 is 1.50 bits per heavy atom. The van der Waals surface area contributed by atoms with Crippen molar-refractivity contribution in [2.45, 2.75) is 19.8 Å². The van der Waals surface area contributed by atoms with Crippen molar-refractivity contribution in [3.05, 3.63) is 28.8 Å². The number of ketones is 1. The van der Waals surface area contributed by atoms with Crippen molar-refractivity contribution in [3.63, 3.8) is 0 Å². The van der Waals surface area contributed by atoms with E-state index in [-0.39, 0.29) is 11.7 Å². The molecule has 1 unspecified atom stereocenters. The van der Waals surface area contributed by atoms with Crippen molar-refractivity contribution < 1.29 is 9.53 Å². The summed E-state index contributed by atoms with van der Waals surface area (Å²) in [6, 6.07) is 5.22. The summed E-state index contributed by atoms with van der Waals surface area (Å²) < 4.78 is 5.06. The molecule has 0 heterocycles. The minimum atomic E-state index is 0.115. The predicted octanol–water partition coefficient (Wildman–Crippen LogP) is 3.58. The Hall–Kier alpha value is -1.02. The van der Waals surface area contributed by atoms with Gasteiger partial charge in [-0.25, -0.2) is 0 Å². The molecule has 0 amide bonds. The number of methoxy groups -OCH3 is 1. The van der Waals surface area contributed by atoms with Crippen LogP contribution in [0.1, 0.15) is 30.1 Å². The van der Waals surface area contributed by atoms with Gasteiger partial charge in [-0.3, -0.25) is 4.79 Å². The van der Waals surface area contributed by atoms with Gasteiger partial charge in [0, 0.05) is 11.5 Å². The Bertz CT molecular complexity index is 410. The summed E-state index contributed by atoms with van der Waals surface area (Å²) >= 11 is 6.00. The largest absolute Gasteiger partial charge is 0.495 e. The van der Waals surface area contributed by atoms with E-state index >= 15 is 0 Å². The van der Waals surface area contributed by atoms with Gasteiger partial charge >= 0.3 is 0 Å². The molecule has 1 fully saturated rings. The Morgan fingerprint density at radius 3 is 2.69 bits per heavy atom. The first-order chi connectivity index (χ1) is 7.63. The molecule has 1 aromatic carbocycles. The Kier molecular flexibility index (Phi) is 3.20. The van der Waals surface area contributed by atoms with E-state index in [2.05, 4.69) is 0 Å². The van der Waals surface area contributed by atoms with Gasteiger partial charge in [0.2, 0.25) is 0 Å². The van der Waals surface area contributed by atoms with E-state index in [0.29, 0.717) is 22.3 Å². The summed E-state index contributed by atoms with van der Waals surface area (Å²) in [7, 11) is 1.57. The lowest BCUT2D eigenvalue weighted by atomic mass is 9.95. The molecule has 1 aromatic rings. The van der Waals surface area contributed by atoms with Crippen molar-refractivity contribution in [3.8, 4) is 5.75 Å². The predicted molar refractivity (Wildman–Crippen MR) is 64.2 cm³/mol. The SMILES string of the molecule is COc1ccc(C(=O)C(C)C2CC2)cc1Cl. The van der Waals surface area contributed by atoms with Crippen LogP contribution in [-0.2, 0) is 0 Å². The molecule has 1 aliphatic rings. The first-order valence-electron chi connectivity index (χ1n) is 5.51. The van der Waals surface area contributed by atoms with Gasteiger partial charge in [0.15, 0.2) is 5.78 Å². The van der Waals surface area contributed by atoms with Gasteiger partial charge in [0.05, 0.1) is 12.1 Å². The third-order valence-corrected chi connectivity index (χ3v) is 3.47. The average molecular weight is 239 g/mol. The summed E-state index contributed by atoms with van der Waals surface area (Å²) in [6.45, 7) is 2.00. The number of benzene rings is 1. The van der Waals surface area contributed by atoms with Crippen molar-refractivity contribution in [2.24, 2.45) is 11.8 Å². The summed E-state index contributed by atoms with van der Waals surface area (Å²) in [5.41, 5.74) is 0.685. The molecule has 1 aliphatic carbocycles. The Balaban J connectivity index is 2.20. The number of ether oxygens (including phenoxy) is 1. The highest BCUT2D eigenvalue weighted by molar-refractivity contribution is 6.32. The molecule has 86 valence electrons. The fourth-order valence-corrected chi connectivity index (χ4v) is 2.15. The molecule has 0 N–H and O–H groups in total. The van der Waals surface area contributed by atoms with Gasteiger partial charge in [-0.15, -0.1) is 0 Å². The van der Waals surface area contributed by atoms with Gasteiger partial charge in [-0.2, -0.15) is 0 Å². The number of halogens is 1. The van der Waals surface area contributed by atoms with Crippen LogP contribution in [0.15, 0.2) is 18.2 Å². The molecule has 0 bridgehead atoms. The number of rotatable bonds is 4. The molecule has 2 nitrogen and oxygen atoms in total. The normalized spacial score (nSPS) is 16.9. The van der Waals surface area contributed by atoms with Crippen molar-refractivity contribution in [1.82, 2.24) is 0 Å². The van der Waals surface area contributed by atoms with Crippen molar-refractivity contribution in [2.75, 3.05) is 7.11 Å². The molecular weight excluding hydrogens is 224 g/mol. The van der Waals surface area contributed by atoms with E-state index in [9.17, 15) is 4.79 Å². The number of carbonyl (C=O) groups is 1. The number of Topliss-reactive ketones (excluding diaryl/α,β-unsaturated/α-hetero) is 1. The maximum absolute atomic E-state index is 12.1. The molecular formula is C13H15ClO2. The molecule has 2 rings (SSSR count). The maximum atomic E-state index is 12.1. The molecule has 3 heteroatoms. The van der Waals surface area contributed by atoms with Gasteiger partial charge < -0.3 is 4.74 Å². The molecule has 0 aliphatic heterocycles. The monoisotopic (exact) mass is 238 g/mol. The van der Waals surface area contributed by atoms with Crippen LogP contribution in [0.4, 0.5) is 0 Å². The van der Waals surface area contributed by atoms with E-state index in [1.54, 1.807) is 25.3 Å². The van der Waals surface area contributed by atoms with E-state index in [4.69, 9.17) is 16.3 Å². The zero-order chi connectivity index (χ0) is 11.7. The third-order valence-electron chi connectivity index (χ3n) is 3.18. The molecule has 0 saturated heterocycles. The first kappa shape index (κ1) is 11.5. The highest BCUT2D eigenvalue weighted by Gasteiger charge is 2.33. The van der Waals surface area contributed by atoms with Crippen LogP contribution < -0.4 is 4.74 Å². The Morgan fingerprint density at radius 2 is 2.19 bits per heavy atom. The van der Waals surface area contributed by atoms with Crippen LogP contribution in [0, 0.1) is 11.8 Å². The summed E-state index contributed by atoms with van der Waals surface area (Å²) in [4.78, 5) is 12.1. The second kappa shape index (κ2) is 4.46. The topological polar surface area (TPSA) is 26.3 Å². The van der Waals surface area contributed by atoms with E-state index in [1.165, 1.54) is 12.8 Å². The maximum Gasteiger partial charge on any atom is 0.165 e. The van der Waals surface area contributed by atoms with Gasteiger partial charge in [0.25, 0.3) is 0 Å². The van der Waals surface area contributed by atoms with Crippen molar-refractivity contribution >= 4 is 17.4 Å². The quantitative estimate of drug-likeness (QED) is 0.750. The molecule has 0 aromatic heterocycles. The zero-order valence-electron chi connectivity index (χ0n) is 9.50. The fraction of sp³-hybridized carbons (Fsp3) is 0.462. The highest BCUT2D eigenvalue weighted by Crippen LogP contribution is 2.38. The summed E-state index contributed by atoms with van der Waals surface area (Å²) in [6.07, 6.45) is 2.35.